The van der Waals surface area contributed by atoms with Gasteiger partial charge in [0.15, 0.2) is 0 Å². The summed E-state index contributed by atoms with van der Waals surface area (Å²) in [5, 5.41) is 3.13. The van der Waals surface area contributed by atoms with Crippen molar-refractivity contribution < 1.29 is 4.79 Å². The van der Waals surface area contributed by atoms with E-state index in [4.69, 9.17) is 0 Å². The zero-order valence-corrected chi connectivity index (χ0v) is 12.4. The van der Waals surface area contributed by atoms with Gasteiger partial charge in [-0.25, -0.2) is 0 Å². The molecule has 1 aliphatic heterocycles. The third-order valence-corrected chi connectivity index (χ3v) is 5.47. The van der Waals surface area contributed by atoms with Gasteiger partial charge in [0.05, 0.1) is 10.3 Å². The lowest BCUT2D eigenvalue weighted by atomic mass is 10.2. The van der Waals surface area contributed by atoms with E-state index in [2.05, 4.69) is 23.4 Å². The highest BCUT2D eigenvalue weighted by Crippen LogP contribution is 2.46. The summed E-state index contributed by atoms with van der Waals surface area (Å²) in [6.07, 6.45) is 3.60. The molecule has 0 spiro atoms. The summed E-state index contributed by atoms with van der Waals surface area (Å²) in [6.45, 7) is 4.02. The number of carbonyl (C=O) groups excluding carboxylic acids is 1. The van der Waals surface area contributed by atoms with E-state index in [1.54, 1.807) is 29.3 Å². The van der Waals surface area contributed by atoms with Crippen LogP contribution >= 0.6 is 23.1 Å². The van der Waals surface area contributed by atoms with Crippen molar-refractivity contribution >= 4 is 34.0 Å². The van der Waals surface area contributed by atoms with Gasteiger partial charge in [-0.2, -0.15) is 0 Å². The fourth-order valence-corrected chi connectivity index (χ4v) is 4.40. The smallest absolute Gasteiger partial charge is 0.241 e. The Kier molecular flexibility index (Phi) is 3.33. The summed E-state index contributed by atoms with van der Waals surface area (Å²) in [5.41, 5.74) is 2.28. The molecule has 1 amide bonds. The molecule has 0 bridgehead atoms. The van der Waals surface area contributed by atoms with Gasteiger partial charge in [-0.1, -0.05) is 6.07 Å². The molecule has 1 aliphatic rings. The topological polar surface area (TPSA) is 33.2 Å². The first-order valence-corrected chi connectivity index (χ1v) is 7.92. The molecule has 0 saturated carbocycles. The van der Waals surface area contributed by atoms with E-state index in [0.29, 0.717) is 0 Å². The molecule has 2 atom stereocenters. The third-order valence-electron chi connectivity index (χ3n) is 3.08. The van der Waals surface area contributed by atoms with Gasteiger partial charge in [0.1, 0.15) is 5.37 Å². The maximum Gasteiger partial charge on any atom is 0.241 e. The average molecular weight is 290 g/mol. The lowest BCUT2D eigenvalue weighted by Gasteiger charge is -2.22. The largest absolute Gasteiger partial charge is 0.286 e. The van der Waals surface area contributed by atoms with Crippen molar-refractivity contribution in [3.05, 3.63) is 47.1 Å². The first-order chi connectivity index (χ1) is 9.16. The van der Waals surface area contributed by atoms with E-state index >= 15 is 0 Å². The molecule has 0 aromatic carbocycles. The number of pyridine rings is 1. The summed E-state index contributed by atoms with van der Waals surface area (Å²) in [7, 11) is 0. The second-order valence-electron chi connectivity index (χ2n) is 4.59. The molecule has 3 rings (SSSR count). The Morgan fingerprint density at radius 2 is 2.26 bits per heavy atom. The van der Waals surface area contributed by atoms with Crippen LogP contribution in [0.4, 0.5) is 5.00 Å². The van der Waals surface area contributed by atoms with Crippen LogP contribution in [0.1, 0.15) is 23.4 Å². The molecular weight excluding hydrogens is 276 g/mol. The fraction of sp³-hybridized carbons (Fsp3) is 0.286. The van der Waals surface area contributed by atoms with Gasteiger partial charge in [0, 0.05) is 18.0 Å². The number of anilines is 1. The first-order valence-electron chi connectivity index (χ1n) is 6.10. The number of rotatable bonds is 2. The summed E-state index contributed by atoms with van der Waals surface area (Å²) in [6, 6.07) is 6.02. The monoisotopic (exact) mass is 290 g/mol. The van der Waals surface area contributed by atoms with Gasteiger partial charge in [0.2, 0.25) is 5.91 Å². The number of carbonyl (C=O) groups is 1. The Morgan fingerprint density at radius 1 is 1.42 bits per heavy atom. The number of aromatic nitrogens is 1. The van der Waals surface area contributed by atoms with E-state index in [1.807, 2.05) is 30.2 Å². The van der Waals surface area contributed by atoms with Crippen LogP contribution in [0.15, 0.2) is 36.0 Å². The van der Waals surface area contributed by atoms with Gasteiger partial charge in [-0.15, -0.1) is 23.1 Å². The van der Waals surface area contributed by atoms with Crippen molar-refractivity contribution in [1.29, 1.82) is 0 Å². The van der Waals surface area contributed by atoms with Crippen molar-refractivity contribution in [3.8, 4) is 0 Å². The normalized spacial score (nSPS) is 23.1. The molecule has 0 N–H and O–H groups in total. The fourth-order valence-electron chi connectivity index (χ4n) is 2.14. The van der Waals surface area contributed by atoms with Gasteiger partial charge < -0.3 is 0 Å². The molecule has 0 radical (unpaired) electrons. The van der Waals surface area contributed by atoms with Gasteiger partial charge in [0.25, 0.3) is 0 Å². The first kappa shape index (κ1) is 12.7. The van der Waals surface area contributed by atoms with Crippen LogP contribution in [0.25, 0.3) is 0 Å². The zero-order chi connectivity index (χ0) is 13.4. The van der Waals surface area contributed by atoms with E-state index in [9.17, 15) is 4.79 Å². The lowest BCUT2D eigenvalue weighted by Crippen LogP contribution is -2.29. The zero-order valence-electron chi connectivity index (χ0n) is 10.7. The predicted octanol–water partition coefficient (Wildman–Crippen LogP) is 3.62. The average Bonchev–Trinajstić information content (AvgIpc) is 2.96. The highest BCUT2D eigenvalue weighted by molar-refractivity contribution is 8.01. The summed E-state index contributed by atoms with van der Waals surface area (Å²) in [4.78, 5) is 18.5. The Labute approximate surface area is 120 Å². The van der Waals surface area contributed by atoms with E-state index < -0.39 is 0 Å². The van der Waals surface area contributed by atoms with Crippen LogP contribution in [0.3, 0.4) is 0 Å². The van der Waals surface area contributed by atoms with Crippen molar-refractivity contribution in [1.82, 2.24) is 4.98 Å². The number of hydrogen-bond donors (Lipinski definition) is 0. The summed E-state index contributed by atoms with van der Waals surface area (Å²) >= 11 is 3.30. The minimum atomic E-state index is -0.00684. The number of hydrogen-bond acceptors (Lipinski definition) is 4. The quantitative estimate of drug-likeness (QED) is 0.847. The van der Waals surface area contributed by atoms with Crippen molar-refractivity contribution in [2.75, 3.05) is 4.90 Å². The van der Waals surface area contributed by atoms with Crippen LogP contribution in [0.5, 0.6) is 0 Å². The SMILES string of the molecule is Cc1csc(N2C(=O)C(C)SC2c2cccnc2)c1. The van der Waals surface area contributed by atoms with Crippen molar-refractivity contribution in [2.45, 2.75) is 24.5 Å². The standard InChI is InChI=1S/C14H14N2OS2/c1-9-6-12(18-8-9)16-13(17)10(2)19-14(16)11-4-3-5-15-7-11/h3-8,10,14H,1-2H3. The number of thioether (sulfide) groups is 1. The molecule has 2 unspecified atom stereocenters. The molecule has 1 saturated heterocycles. The Morgan fingerprint density at radius 3 is 2.89 bits per heavy atom. The van der Waals surface area contributed by atoms with Crippen molar-refractivity contribution in [2.24, 2.45) is 0 Å². The number of thiophene rings is 1. The second kappa shape index (κ2) is 4.98. The maximum absolute atomic E-state index is 12.4. The minimum absolute atomic E-state index is 0.00684. The number of nitrogens with zero attached hydrogens (tertiary/aromatic N) is 2. The summed E-state index contributed by atoms with van der Waals surface area (Å²) < 4.78 is 0. The minimum Gasteiger partial charge on any atom is -0.286 e. The highest BCUT2D eigenvalue weighted by Gasteiger charge is 2.40. The Bertz CT molecular complexity index is 597. The molecule has 2 aromatic rings. The molecule has 2 aromatic heterocycles. The lowest BCUT2D eigenvalue weighted by molar-refractivity contribution is -0.117. The molecule has 3 nitrogen and oxygen atoms in total. The van der Waals surface area contributed by atoms with E-state index in [-0.39, 0.29) is 16.5 Å². The van der Waals surface area contributed by atoms with Crippen molar-refractivity contribution in [3.63, 3.8) is 0 Å². The Hall–Kier alpha value is -1.33. The summed E-state index contributed by atoms with van der Waals surface area (Å²) in [5.74, 6) is 0.181. The Balaban J connectivity index is 2.01. The molecule has 98 valence electrons. The van der Waals surface area contributed by atoms with Gasteiger partial charge in [-0.05, 0) is 36.9 Å². The molecular formula is C14H14N2OS2. The van der Waals surface area contributed by atoms with Crippen LogP contribution in [0, 0.1) is 6.92 Å². The van der Waals surface area contributed by atoms with Crippen LogP contribution in [-0.2, 0) is 4.79 Å². The van der Waals surface area contributed by atoms with Gasteiger partial charge in [-0.3, -0.25) is 14.7 Å². The number of aryl methyl sites for hydroxylation is 1. The van der Waals surface area contributed by atoms with E-state index in [0.717, 1.165) is 10.6 Å². The molecule has 19 heavy (non-hydrogen) atoms. The maximum atomic E-state index is 12.4. The molecule has 5 heteroatoms. The second-order valence-corrected chi connectivity index (χ2v) is 6.90. The number of amides is 1. The van der Waals surface area contributed by atoms with Crippen LogP contribution < -0.4 is 4.90 Å². The van der Waals surface area contributed by atoms with Gasteiger partial charge >= 0.3 is 0 Å². The van der Waals surface area contributed by atoms with Crippen LogP contribution in [0.2, 0.25) is 0 Å². The molecule has 1 fully saturated rings. The molecule has 0 aliphatic carbocycles. The van der Waals surface area contributed by atoms with Crippen LogP contribution in [-0.4, -0.2) is 16.1 Å². The molecule has 3 heterocycles. The third kappa shape index (κ3) is 2.28. The highest BCUT2D eigenvalue weighted by atomic mass is 32.2. The van der Waals surface area contributed by atoms with E-state index in [1.165, 1.54) is 5.56 Å². The predicted molar refractivity (Wildman–Crippen MR) is 80.6 cm³/mol.